The third-order valence-electron chi connectivity index (χ3n) is 5.15. The van der Waals surface area contributed by atoms with Gasteiger partial charge in [0.15, 0.2) is 18.2 Å². The van der Waals surface area contributed by atoms with Crippen molar-refractivity contribution in [3.8, 4) is 5.75 Å². The number of benzene rings is 3. The molecule has 1 amide bonds. The van der Waals surface area contributed by atoms with Gasteiger partial charge in [0.25, 0.3) is 5.91 Å². The van der Waals surface area contributed by atoms with E-state index in [1.807, 2.05) is 32.0 Å². The average molecular weight is 411 g/mol. The molecule has 0 radical (unpaired) electrons. The maximum atomic E-state index is 12.7. The van der Waals surface area contributed by atoms with Gasteiger partial charge in [-0.1, -0.05) is 54.6 Å². The van der Waals surface area contributed by atoms with Gasteiger partial charge in [-0.15, -0.1) is 0 Å². The van der Waals surface area contributed by atoms with Crippen molar-refractivity contribution in [2.24, 2.45) is 0 Å². The Kier molecular flexibility index (Phi) is 5.50. The summed E-state index contributed by atoms with van der Waals surface area (Å²) < 4.78 is 5.72. The Morgan fingerprint density at radius 1 is 0.903 bits per heavy atom. The van der Waals surface area contributed by atoms with Gasteiger partial charge in [-0.2, -0.15) is 0 Å². The second-order valence-corrected chi connectivity index (χ2v) is 7.45. The van der Waals surface area contributed by atoms with Crippen LogP contribution in [0.15, 0.2) is 72.3 Å². The van der Waals surface area contributed by atoms with E-state index >= 15 is 0 Å². The smallest absolute Gasteiger partial charge is 0.262 e. The van der Waals surface area contributed by atoms with E-state index in [1.54, 1.807) is 48.5 Å². The minimum absolute atomic E-state index is 0.0945. The van der Waals surface area contributed by atoms with Gasteiger partial charge in [0, 0.05) is 22.4 Å². The highest BCUT2D eigenvalue weighted by Crippen LogP contribution is 2.30. The molecule has 0 unspecified atom stereocenters. The lowest BCUT2D eigenvalue weighted by Crippen LogP contribution is -2.21. The molecule has 1 N–H and O–H groups in total. The minimum atomic E-state index is -0.303. The third-order valence-corrected chi connectivity index (χ3v) is 5.15. The zero-order chi connectivity index (χ0) is 22.0. The molecular formula is C26H21NO4. The van der Waals surface area contributed by atoms with Gasteiger partial charge in [0.1, 0.15) is 5.75 Å². The molecule has 0 fully saturated rings. The largest absolute Gasteiger partial charge is 0.483 e. The van der Waals surface area contributed by atoms with Crippen molar-refractivity contribution >= 4 is 29.2 Å². The number of fused-ring (bicyclic) bond motifs is 1. The van der Waals surface area contributed by atoms with Crippen LogP contribution in [0.4, 0.5) is 5.69 Å². The summed E-state index contributed by atoms with van der Waals surface area (Å²) in [7, 11) is 0. The van der Waals surface area contributed by atoms with Crippen molar-refractivity contribution < 1.29 is 19.1 Å². The highest BCUT2D eigenvalue weighted by Gasteiger charge is 2.32. The average Bonchev–Trinajstić information content (AvgIpc) is 3.01. The molecule has 0 aromatic heterocycles. The molecule has 1 aliphatic carbocycles. The Morgan fingerprint density at radius 3 is 2.26 bits per heavy atom. The van der Waals surface area contributed by atoms with Crippen molar-refractivity contribution in [2.45, 2.75) is 13.8 Å². The highest BCUT2D eigenvalue weighted by atomic mass is 16.5. The van der Waals surface area contributed by atoms with Crippen LogP contribution in [-0.4, -0.2) is 24.1 Å². The molecule has 5 heteroatoms. The predicted molar refractivity (Wildman–Crippen MR) is 120 cm³/mol. The molecule has 0 aliphatic heterocycles. The number of hydrogen-bond donors (Lipinski definition) is 1. The monoisotopic (exact) mass is 411 g/mol. The number of aryl methyl sites for hydroxylation is 2. The van der Waals surface area contributed by atoms with E-state index < -0.39 is 0 Å². The Balaban J connectivity index is 1.52. The second-order valence-electron chi connectivity index (χ2n) is 7.45. The molecule has 1 aliphatic rings. The van der Waals surface area contributed by atoms with Crippen LogP contribution >= 0.6 is 0 Å². The van der Waals surface area contributed by atoms with Gasteiger partial charge >= 0.3 is 0 Å². The van der Waals surface area contributed by atoms with E-state index in [4.69, 9.17) is 4.74 Å². The van der Waals surface area contributed by atoms with Crippen molar-refractivity contribution in [2.75, 3.05) is 11.9 Å². The van der Waals surface area contributed by atoms with E-state index in [2.05, 4.69) is 5.32 Å². The third kappa shape index (κ3) is 4.16. The highest BCUT2D eigenvalue weighted by molar-refractivity contribution is 6.41. The van der Waals surface area contributed by atoms with Crippen LogP contribution in [0.1, 0.15) is 37.4 Å². The van der Waals surface area contributed by atoms with Gasteiger partial charge in [0.05, 0.1) is 5.57 Å². The lowest BCUT2D eigenvalue weighted by molar-refractivity contribution is -0.118. The molecular weight excluding hydrogens is 390 g/mol. The summed E-state index contributed by atoms with van der Waals surface area (Å²) >= 11 is 0. The van der Waals surface area contributed by atoms with Crippen molar-refractivity contribution in [3.63, 3.8) is 0 Å². The maximum Gasteiger partial charge on any atom is 0.262 e. The normalized spacial score (nSPS) is 12.5. The van der Waals surface area contributed by atoms with Gasteiger partial charge in [0.2, 0.25) is 0 Å². The standard InChI is InChI=1S/C26H21NO4/c1-16-11-12-17(2)22(13-16)27-24(28)15-31-23-10-6-3-7-18(23)14-21-25(29)19-8-4-5-9-20(19)26(21)30/h3-14H,15H2,1-2H3,(H,27,28). The van der Waals surface area contributed by atoms with Crippen molar-refractivity contribution in [1.29, 1.82) is 0 Å². The zero-order valence-electron chi connectivity index (χ0n) is 17.3. The summed E-state index contributed by atoms with van der Waals surface area (Å²) in [6.45, 7) is 3.68. The van der Waals surface area contributed by atoms with Crippen LogP contribution in [-0.2, 0) is 4.79 Å². The maximum absolute atomic E-state index is 12.7. The molecule has 5 nitrogen and oxygen atoms in total. The lowest BCUT2D eigenvalue weighted by Gasteiger charge is -2.12. The summed E-state index contributed by atoms with van der Waals surface area (Å²) in [6, 6.07) is 19.6. The lowest BCUT2D eigenvalue weighted by atomic mass is 10.1. The number of hydrogen-bond acceptors (Lipinski definition) is 4. The van der Waals surface area contributed by atoms with Crippen LogP contribution in [0.25, 0.3) is 6.08 Å². The summed E-state index contributed by atoms with van der Waals surface area (Å²) in [6.07, 6.45) is 1.53. The fraction of sp³-hybridized carbons (Fsp3) is 0.115. The number of rotatable bonds is 5. The summed E-state index contributed by atoms with van der Waals surface area (Å²) in [5.41, 5.74) is 4.22. The number of carbonyl (C=O) groups excluding carboxylic acids is 3. The van der Waals surface area contributed by atoms with Crippen molar-refractivity contribution in [1.82, 2.24) is 0 Å². The summed E-state index contributed by atoms with van der Waals surface area (Å²) in [5, 5.41) is 2.85. The number of carbonyl (C=O) groups is 3. The van der Waals surface area contributed by atoms with E-state index in [9.17, 15) is 14.4 Å². The number of ether oxygens (including phenoxy) is 1. The molecule has 0 atom stereocenters. The first-order valence-corrected chi connectivity index (χ1v) is 9.93. The fourth-order valence-corrected chi connectivity index (χ4v) is 3.49. The van der Waals surface area contributed by atoms with Crippen LogP contribution in [0, 0.1) is 13.8 Å². The Bertz CT molecular complexity index is 1200. The van der Waals surface area contributed by atoms with Gasteiger partial charge in [-0.25, -0.2) is 0 Å². The second kappa shape index (κ2) is 8.40. The van der Waals surface area contributed by atoms with Crippen LogP contribution in [0.3, 0.4) is 0 Å². The number of amides is 1. The quantitative estimate of drug-likeness (QED) is 0.484. The van der Waals surface area contributed by atoms with Gasteiger partial charge in [-0.3, -0.25) is 14.4 Å². The molecule has 0 saturated heterocycles. The first-order valence-electron chi connectivity index (χ1n) is 9.93. The molecule has 154 valence electrons. The minimum Gasteiger partial charge on any atom is -0.483 e. The van der Waals surface area contributed by atoms with Crippen LogP contribution < -0.4 is 10.1 Å². The first kappa shape index (κ1) is 20.3. The molecule has 0 bridgehead atoms. The molecule has 31 heavy (non-hydrogen) atoms. The Morgan fingerprint density at radius 2 is 1.55 bits per heavy atom. The fourth-order valence-electron chi connectivity index (χ4n) is 3.49. The number of ketones is 2. The van der Waals surface area contributed by atoms with E-state index in [-0.39, 0.29) is 29.7 Å². The van der Waals surface area contributed by atoms with Gasteiger partial charge in [-0.05, 0) is 43.2 Å². The van der Waals surface area contributed by atoms with Gasteiger partial charge < -0.3 is 10.1 Å². The number of anilines is 1. The first-order chi connectivity index (χ1) is 14.9. The molecule has 0 heterocycles. The summed E-state index contributed by atoms with van der Waals surface area (Å²) in [5.74, 6) is -0.481. The van der Waals surface area contributed by atoms with E-state index in [0.717, 1.165) is 16.8 Å². The van der Waals surface area contributed by atoms with E-state index in [0.29, 0.717) is 22.4 Å². The summed E-state index contributed by atoms with van der Waals surface area (Å²) in [4.78, 5) is 37.7. The molecule has 0 saturated carbocycles. The predicted octanol–water partition coefficient (Wildman–Crippen LogP) is 4.78. The van der Waals surface area contributed by atoms with Crippen LogP contribution in [0.5, 0.6) is 5.75 Å². The molecule has 3 aromatic carbocycles. The topological polar surface area (TPSA) is 72.5 Å². The number of nitrogens with one attached hydrogen (secondary N) is 1. The molecule has 3 aromatic rings. The van der Waals surface area contributed by atoms with Crippen LogP contribution in [0.2, 0.25) is 0 Å². The zero-order valence-corrected chi connectivity index (χ0v) is 17.3. The number of allylic oxidation sites excluding steroid dienone is 1. The molecule has 0 spiro atoms. The molecule has 4 rings (SSSR count). The van der Waals surface area contributed by atoms with E-state index in [1.165, 1.54) is 6.08 Å². The number of para-hydroxylation sites is 1. The number of Topliss-reactive ketones (excluding diaryl/α,β-unsaturated/α-hetero) is 2. The Labute approximate surface area is 180 Å². The van der Waals surface area contributed by atoms with Crippen molar-refractivity contribution in [3.05, 3.63) is 100 Å². The Hall–Kier alpha value is -3.99. The SMILES string of the molecule is Cc1ccc(C)c(NC(=O)COc2ccccc2C=C2C(=O)c3ccccc3C2=O)c1.